The van der Waals surface area contributed by atoms with Crippen LogP contribution in [-0.4, -0.2) is 15.7 Å². The maximum atomic E-state index is 5.74. The lowest BCUT2D eigenvalue weighted by atomic mass is 10.2. The highest BCUT2D eigenvalue weighted by Crippen LogP contribution is 2.27. The molecule has 4 nitrogen and oxygen atoms in total. The average molecular weight is 281 g/mol. The number of benzene rings is 2. The number of aryl methyl sites for hydroxylation is 1. The molecule has 4 heteroatoms. The number of imidazole rings is 1. The maximum Gasteiger partial charge on any atom is 0.140 e. The third-order valence-corrected chi connectivity index (χ3v) is 3.39. The van der Waals surface area contributed by atoms with Crippen LogP contribution in [0.5, 0.6) is 5.75 Å². The fourth-order valence-electron chi connectivity index (χ4n) is 2.42. The number of nitrogens with zero attached hydrogens (tertiary/aromatic N) is 2. The normalized spacial score (nSPS) is 11.2. The van der Waals surface area contributed by atoms with E-state index in [1.807, 2.05) is 63.4 Å². The molecular formula is C17H19N3O. The van der Waals surface area contributed by atoms with E-state index in [1.54, 1.807) is 0 Å². The van der Waals surface area contributed by atoms with Crippen molar-refractivity contribution in [3.8, 4) is 17.1 Å². The zero-order chi connectivity index (χ0) is 15.0. The van der Waals surface area contributed by atoms with E-state index in [9.17, 15) is 0 Å². The van der Waals surface area contributed by atoms with Crippen molar-refractivity contribution in [1.29, 1.82) is 0 Å². The Balaban J connectivity index is 2.08. The summed E-state index contributed by atoms with van der Waals surface area (Å²) in [5.41, 5.74) is 9.56. The molecule has 2 N–H and O–H groups in total. The fraction of sp³-hybridized carbons (Fsp3) is 0.235. The molecule has 0 unspecified atom stereocenters. The number of anilines is 1. The summed E-state index contributed by atoms with van der Waals surface area (Å²) in [6.45, 7) is 4.03. The van der Waals surface area contributed by atoms with Crippen LogP contribution in [0, 0.1) is 0 Å². The Morgan fingerprint density at radius 3 is 2.48 bits per heavy atom. The largest absolute Gasteiger partial charge is 0.491 e. The quantitative estimate of drug-likeness (QED) is 0.746. The minimum Gasteiger partial charge on any atom is -0.491 e. The van der Waals surface area contributed by atoms with E-state index >= 15 is 0 Å². The van der Waals surface area contributed by atoms with Crippen LogP contribution in [0.1, 0.15) is 13.8 Å². The second-order valence-corrected chi connectivity index (χ2v) is 5.43. The van der Waals surface area contributed by atoms with Crippen LogP contribution >= 0.6 is 0 Å². The average Bonchev–Trinajstić information content (AvgIpc) is 2.76. The molecule has 3 rings (SSSR count). The number of fused-ring (bicyclic) bond motifs is 1. The standard InChI is InChI=1S/C17H19N3O/c1-11(2)21-14-8-9-16-15(10-14)19-17(20(16)3)12-4-6-13(18)7-5-12/h4-11H,18H2,1-3H3. The van der Waals surface area contributed by atoms with E-state index in [0.29, 0.717) is 0 Å². The molecule has 2 aromatic carbocycles. The van der Waals surface area contributed by atoms with Crippen molar-refractivity contribution in [1.82, 2.24) is 9.55 Å². The number of ether oxygens (including phenoxy) is 1. The monoisotopic (exact) mass is 281 g/mol. The van der Waals surface area contributed by atoms with E-state index < -0.39 is 0 Å². The molecule has 0 aliphatic carbocycles. The highest BCUT2D eigenvalue weighted by atomic mass is 16.5. The van der Waals surface area contributed by atoms with Crippen LogP contribution in [0.4, 0.5) is 5.69 Å². The second kappa shape index (κ2) is 5.13. The molecule has 21 heavy (non-hydrogen) atoms. The SMILES string of the molecule is CC(C)Oc1ccc2c(c1)nc(-c1ccc(N)cc1)n2C. The number of nitrogen functional groups attached to an aromatic ring is 1. The minimum atomic E-state index is 0.155. The van der Waals surface area contributed by atoms with Crippen LogP contribution in [-0.2, 0) is 7.05 Å². The van der Waals surface area contributed by atoms with E-state index in [0.717, 1.165) is 33.9 Å². The van der Waals surface area contributed by atoms with E-state index in [2.05, 4.69) is 4.57 Å². The summed E-state index contributed by atoms with van der Waals surface area (Å²) in [4.78, 5) is 4.72. The van der Waals surface area contributed by atoms with Gasteiger partial charge < -0.3 is 15.0 Å². The van der Waals surface area contributed by atoms with Crippen molar-refractivity contribution in [2.24, 2.45) is 7.05 Å². The summed E-state index contributed by atoms with van der Waals surface area (Å²) in [6, 6.07) is 13.8. The number of rotatable bonds is 3. The molecule has 1 aromatic heterocycles. The van der Waals surface area contributed by atoms with Gasteiger partial charge in [0.2, 0.25) is 0 Å². The summed E-state index contributed by atoms with van der Waals surface area (Å²) >= 11 is 0. The molecule has 0 fully saturated rings. The van der Waals surface area contributed by atoms with Gasteiger partial charge in [-0.05, 0) is 50.2 Å². The highest BCUT2D eigenvalue weighted by molar-refractivity contribution is 5.82. The van der Waals surface area contributed by atoms with Crippen molar-refractivity contribution >= 4 is 16.7 Å². The lowest BCUT2D eigenvalue weighted by Crippen LogP contribution is -2.05. The van der Waals surface area contributed by atoms with Crippen LogP contribution in [0.2, 0.25) is 0 Å². The molecule has 0 saturated carbocycles. The van der Waals surface area contributed by atoms with Crippen LogP contribution in [0.3, 0.4) is 0 Å². The molecule has 0 aliphatic rings. The van der Waals surface area contributed by atoms with E-state index in [1.165, 1.54) is 0 Å². The fourth-order valence-corrected chi connectivity index (χ4v) is 2.42. The van der Waals surface area contributed by atoms with Gasteiger partial charge in [-0.3, -0.25) is 0 Å². The number of nitrogens with two attached hydrogens (primary N) is 1. The van der Waals surface area contributed by atoms with Gasteiger partial charge in [0.1, 0.15) is 11.6 Å². The molecule has 0 aliphatic heterocycles. The molecule has 1 heterocycles. The van der Waals surface area contributed by atoms with Gasteiger partial charge in [0.05, 0.1) is 17.1 Å². The Kier molecular flexibility index (Phi) is 3.29. The van der Waals surface area contributed by atoms with Crippen LogP contribution in [0.25, 0.3) is 22.4 Å². The molecule has 0 spiro atoms. The highest BCUT2D eigenvalue weighted by Gasteiger charge is 2.11. The summed E-state index contributed by atoms with van der Waals surface area (Å²) in [5, 5.41) is 0. The predicted molar refractivity (Wildman–Crippen MR) is 86.3 cm³/mol. The van der Waals surface area contributed by atoms with Crippen molar-refractivity contribution in [2.75, 3.05) is 5.73 Å². The molecule has 0 amide bonds. The summed E-state index contributed by atoms with van der Waals surface area (Å²) in [5.74, 6) is 1.77. The first-order chi connectivity index (χ1) is 10.0. The Morgan fingerprint density at radius 2 is 1.81 bits per heavy atom. The molecule has 0 saturated heterocycles. The van der Waals surface area contributed by atoms with Gasteiger partial charge in [-0.2, -0.15) is 0 Å². The van der Waals surface area contributed by atoms with Gasteiger partial charge in [0.25, 0.3) is 0 Å². The Labute approximate surface area is 124 Å². The Morgan fingerprint density at radius 1 is 1.10 bits per heavy atom. The first-order valence-electron chi connectivity index (χ1n) is 7.03. The van der Waals surface area contributed by atoms with Gasteiger partial charge in [0.15, 0.2) is 0 Å². The lowest BCUT2D eigenvalue weighted by Gasteiger charge is -2.09. The molecule has 108 valence electrons. The summed E-state index contributed by atoms with van der Waals surface area (Å²) in [7, 11) is 2.02. The zero-order valence-corrected chi connectivity index (χ0v) is 12.5. The minimum absolute atomic E-state index is 0.155. The number of hydrogen-bond acceptors (Lipinski definition) is 3. The zero-order valence-electron chi connectivity index (χ0n) is 12.5. The summed E-state index contributed by atoms with van der Waals surface area (Å²) in [6.07, 6.45) is 0.155. The van der Waals surface area contributed by atoms with Gasteiger partial charge in [-0.25, -0.2) is 4.98 Å². The van der Waals surface area contributed by atoms with Crippen LogP contribution < -0.4 is 10.5 Å². The van der Waals surface area contributed by atoms with Gasteiger partial charge >= 0.3 is 0 Å². The second-order valence-electron chi connectivity index (χ2n) is 5.43. The third kappa shape index (κ3) is 2.57. The van der Waals surface area contributed by atoms with Crippen molar-refractivity contribution in [3.05, 3.63) is 42.5 Å². The van der Waals surface area contributed by atoms with E-state index in [4.69, 9.17) is 15.5 Å². The maximum absolute atomic E-state index is 5.74. The van der Waals surface area contributed by atoms with Gasteiger partial charge in [-0.1, -0.05) is 0 Å². The Bertz CT molecular complexity index is 773. The number of aromatic nitrogens is 2. The molecule has 0 bridgehead atoms. The number of hydrogen-bond donors (Lipinski definition) is 1. The topological polar surface area (TPSA) is 53.1 Å². The first kappa shape index (κ1) is 13.5. The van der Waals surface area contributed by atoms with Gasteiger partial charge in [-0.15, -0.1) is 0 Å². The molecular weight excluding hydrogens is 262 g/mol. The molecule has 3 aromatic rings. The van der Waals surface area contributed by atoms with Crippen molar-refractivity contribution < 1.29 is 4.74 Å². The molecule has 0 atom stereocenters. The van der Waals surface area contributed by atoms with Crippen molar-refractivity contribution in [2.45, 2.75) is 20.0 Å². The third-order valence-electron chi connectivity index (χ3n) is 3.39. The Hall–Kier alpha value is -2.49. The van der Waals surface area contributed by atoms with Gasteiger partial charge in [0, 0.05) is 24.4 Å². The molecule has 0 radical (unpaired) electrons. The predicted octanol–water partition coefficient (Wildman–Crippen LogP) is 3.61. The first-order valence-corrected chi connectivity index (χ1v) is 7.03. The van der Waals surface area contributed by atoms with E-state index in [-0.39, 0.29) is 6.10 Å². The smallest absolute Gasteiger partial charge is 0.140 e. The summed E-state index contributed by atoms with van der Waals surface area (Å²) < 4.78 is 7.81. The van der Waals surface area contributed by atoms with Crippen molar-refractivity contribution in [3.63, 3.8) is 0 Å². The van der Waals surface area contributed by atoms with Crippen LogP contribution in [0.15, 0.2) is 42.5 Å². The lowest BCUT2D eigenvalue weighted by molar-refractivity contribution is 0.242.